The van der Waals surface area contributed by atoms with Crippen molar-refractivity contribution in [2.24, 2.45) is 15.2 Å². The molecule has 0 saturated heterocycles. The van der Waals surface area contributed by atoms with Gasteiger partial charge >= 0.3 is 12.2 Å². The van der Waals surface area contributed by atoms with E-state index in [4.69, 9.17) is 0 Å². The molecule has 0 atom stereocenters. The Balaban J connectivity index is 3.89. The fraction of sp³-hybridized carbons (Fsp3) is 0.625. The summed E-state index contributed by atoms with van der Waals surface area (Å²) in [6, 6.07) is 0. The van der Waals surface area contributed by atoms with E-state index in [-0.39, 0.29) is 6.10 Å². The van der Waals surface area contributed by atoms with Gasteiger partial charge < -0.3 is 9.47 Å². The van der Waals surface area contributed by atoms with E-state index in [1.807, 2.05) is 0 Å². The molecule has 0 bridgehead atoms. The van der Waals surface area contributed by atoms with Crippen molar-refractivity contribution in [1.82, 2.24) is 0 Å². The fourth-order valence-corrected chi connectivity index (χ4v) is 0.487. The van der Waals surface area contributed by atoms with Crippen LogP contribution in [0.25, 0.3) is 0 Å². The predicted molar refractivity (Wildman–Crippen MR) is 52.0 cm³/mol. The maximum atomic E-state index is 10.8. The lowest BCUT2D eigenvalue weighted by Crippen LogP contribution is -2.07. The van der Waals surface area contributed by atoms with Crippen LogP contribution >= 0.6 is 0 Å². The minimum atomic E-state index is -1.02. The Labute approximate surface area is 87.2 Å². The standard InChI is InChI=1S/C8H13N3O4/c1-4-9-5-14-7(12)10-11-8(13)15-6(2)3/h5-6H,4H2,1-3H3. The second-order valence-electron chi connectivity index (χ2n) is 2.62. The van der Waals surface area contributed by atoms with E-state index in [2.05, 4.69) is 24.7 Å². The summed E-state index contributed by atoms with van der Waals surface area (Å²) in [6.07, 6.45) is -1.33. The number of hydrogen-bond acceptors (Lipinski definition) is 5. The van der Waals surface area contributed by atoms with Crippen molar-refractivity contribution < 1.29 is 19.1 Å². The highest BCUT2D eigenvalue weighted by atomic mass is 16.6. The first-order valence-corrected chi connectivity index (χ1v) is 4.37. The van der Waals surface area contributed by atoms with Crippen molar-refractivity contribution in [2.75, 3.05) is 6.54 Å². The Kier molecular flexibility index (Phi) is 6.69. The molecule has 0 aliphatic rings. The smallest absolute Gasteiger partial charge is 0.444 e. The molecule has 0 unspecified atom stereocenters. The number of aliphatic imine (C=N–C) groups is 1. The van der Waals surface area contributed by atoms with Crippen LogP contribution in [0.3, 0.4) is 0 Å². The minimum absolute atomic E-state index is 0.311. The van der Waals surface area contributed by atoms with Crippen LogP contribution in [0.15, 0.2) is 15.2 Å². The van der Waals surface area contributed by atoms with Gasteiger partial charge in [0.1, 0.15) is 0 Å². The average molecular weight is 215 g/mol. The Hall–Kier alpha value is -1.79. The molecule has 84 valence electrons. The first kappa shape index (κ1) is 13.2. The fourth-order valence-electron chi connectivity index (χ4n) is 0.487. The number of carbonyl (C=O) groups excluding carboxylic acids is 2. The molecule has 15 heavy (non-hydrogen) atoms. The first-order valence-electron chi connectivity index (χ1n) is 4.37. The molecule has 0 heterocycles. The van der Waals surface area contributed by atoms with Crippen LogP contribution < -0.4 is 0 Å². The van der Waals surface area contributed by atoms with E-state index in [0.717, 1.165) is 6.40 Å². The van der Waals surface area contributed by atoms with Crippen LogP contribution in [0.1, 0.15) is 20.8 Å². The molecule has 0 aliphatic heterocycles. The summed E-state index contributed by atoms with van der Waals surface area (Å²) in [5.74, 6) is 0. The Morgan fingerprint density at radius 1 is 1.27 bits per heavy atom. The van der Waals surface area contributed by atoms with Crippen molar-refractivity contribution >= 4 is 18.6 Å². The lowest BCUT2D eigenvalue weighted by molar-refractivity contribution is 0.123. The second kappa shape index (κ2) is 7.60. The minimum Gasteiger partial charge on any atom is -0.444 e. The highest BCUT2D eigenvalue weighted by molar-refractivity contribution is 5.78. The number of amides is 2. The molecule has 0 aliphatic carbocycles. The Morgan fingerprint density at radius 3 is 2.40 bits per heavy atom. The molecule has 0 rings (SSSR count). The van der Waals surface area contributed by atoms with E-state index >= 15 is 0 Å². The molecule has 0 aromatic heterocycles. The monoisotopic (exact) mass is 215 g/mol. The molecule has 7 nitrogen and oxygen atoms in total. The molecular formula is C8H13N3O4. The highest BCUT2D eigenvalue weighted by Crippen LogP contribution is 1.93. The third-order valence-electron chi connectivity index (χ3n) is 0.960. The van der Waals surface area contributed by atoms with Gasteiger partial charge in [-0.1, -0.05) is 10.2 Å². The molecule has 0 spiro atoms. The molecule has 0 aromatic carbocycles. The van der Waals surface area contributed by atoms with E-state index in [1.54, 1.807) is 20.8 Å². The van der Waals surface area contributed by atoms with Gasteiger partial charge in [-0.2, -0.15) is 0 Å². The lowest BCUT2D eigenvalue weighted by Gasteiger charge is -2.01. The highest BCUT2D eigenvalue weighted by Gasteiger charge is 2.04. The number of azo groups is 1. The van der Waals surface area contributed by atoms with Crippen molar-refractivity contribution in [2.45, 2.75) is 26.9 Å². The summed E-state index contributed by atoms with van der Waals surface area (Å²) in [5, 5.41) is 5.92. The quantitative estimate of drug-likeness (QED) is 0.410. The zero-order valence-electron chi connectivity index (χ0n) is 8.84. The largest absolute Gasteiger partial charge is 0.458 e. The Morgan fingerprint density at radius 2 is 1.87 bits per heavy atom. The molecular weight excluding hydrogens is 202 g/mol. The van der Waals surface area contributed by atoms with E-state index in [1.165, 1.54) is 0 Å². The van der Waals surface area contributed by atoms with Crippen LogP contribution in [0.4, 0.5) is 9.59 Å². The number of hydrogen-bond donors (Lipinski definition) is 0. The van der Waals surface area contributed by atoms with Crippen LogP contribution in [0.5, 0.6) is 0 Å². The van der Waals surface area contributed by atoms with Gasteiger partial charge in [0.2, 0.25) is 0 Å². The van der Waals surface area contributed by atoms with Crippen molar-refractivity contribution in [3.8, 4) is 0 Å². The molecule has 0 aromatic rings. The topological polar surface area (TPSA) is 89.7 Å². The summed E-state index contributed by atoms with van der Waals surface area (Å²) in [5.41, 5.74) is 0. The van der Waals surface area contributed by atoms with E-state index < -0.39 is 12.2 Å². The number of ether oxygens (including phenoxy) is 2. The summed E-state index contributed by atoms with van der Waals surface area (Å²) < 4.78 is 8.92. The average Bonchev–Trinajstić information content (AvgIpc) is 2.14. The Bertz CT molecular complexity index is 273. The third kappa shape index (κ3) is 8.54. The van der Waals surface area contributed by atoms with E-state index in [9.17, 15) is 9.59 Å². The zero-order valence-corrected chi connectivity index (χ0v) is 8.84. The molecule has 0 saturated carbocycles. The maximum absolute atomic E-state index is 10.8. The lowest BCUT2D eigenvalue weighted by atomic mass is 10.5. The molecule has 0 N–H and O–H groups in total. The molecule has 0 radical (unpaired) electrons. The number of nitrogens with zero attached hydrogens (tertiary/aromatic N) is 3. The summed E-state index contributed by atoms with van der Waals surface area (Å²) in [4.78, 5) is 25.1. The first-order chi connectivity index (χ1) is 7.06. The van der Waals surface area contributed by atoms with Gasteiger partial charge in [0.05, 0.1) is 6.10 Å². The number of carbonyl (C=O) groups is 2. The third-order valence-corrected chi connectivity index (χ3v) is 0.960. The normalized spacial score (nSPS) is 11.2. The van der Waals surface area contributed by atoms with Gasteiger partial charge in [0, 0.05) is 6.54 Å². The summed E-state index contributed by atoms with van der Waals surface area (Å²) >= 11 is 0. The zero-order chi connectivity index (χ0) is 11.7. The molecule has 2 amide bonds. The van der Waals surface area contributed by atoms with Gasteiger partial charge in [-0.3, -0.25) is 4.99 Å². The maximum Gasteiger partial charge on any atom is 0.458 e. The van der Waals surface area contributed by atoms with Crippen LogP contribution in [0, 0.1) is 0 Å². The predicted octanol–water partition coefficient (Wildman–Crippen LogP) is 2.17. The molecule has 0 fully saturated rings. The van der Waals surface area contributed by atoms with Crippen LogP contribution in [-0.4, -0.2) is 31.2 Å². The van der Waals surface area contributed by atoms with Gasteiger partial charge in [-0.25, -0.2) is 9.59 Å². The van der Waals surface area contributed by atoms with Gasteiger partial charge in [0.25, 0.3) is 0 Å². The van der Waals surface area contributed by atoms with Crippen LogP contribution in [-0.2, 0) is 9.47 Å². The van der Waals surface area contributed by atoms with Crippen molar-refractivity contribution in [3.05, 3.63) is 0 Å². The summed E-state index contributed by atoms with van der Waals surface area (Å²) in [7, 11) is 0. The summed E-state index contributed by atoms with van der Waals surface area (Å²) in [6.45, 7) is 5.56. The van der Waals surface area contributed by atoms with Crippen LogP contribution in [0.2, 0.25) is 0 Å². The van der Waals surface area contributed by atoms with Crippen molar-refractivity contribution in [1.29, 1.82) is 0 Å². The van der Waals surface area contributed by atoms with Gasteiger partial charge in [0.15, 0.2) is 6.40 Å². The van der Waals surface area contributed by atoms with E-state index in [0.29, 0.717) is 6.54 Å². The SMILES string of the molecule is CCN=COC(=O)N=NC(=O)OC(C)C. The second-order valence-corrected chi connectivity index (χ2v) is 2.62. The molecule has 7 heteroatoms. The van der Waals surface area contributed by atoms with Gasteiger partial charge in [-0.15, -0.1) is 0 Å². The van der Waals surface area contributed by atoms with Gasteiger partial charge in [-0.05, 0) is 20.8 Å². The van der Waals surface area contributed by atoms with Crippen molar-refractivity contribution in [3.63, 3.8) is 0 Å². The number of rotatable bonds is 3.